The summed E-state index contributed by atoms with van der Waals surface area (Å²) in [6, 6.07) is 15.0. The minimum absolute atomic E-state index is 0.0871. The molecule has 1 saturated heterocycles. The van der Waals surface area contributed by atoms with E-state index in [9.17, 15) is 14.0 Å². The van der Waals surface area contributed by atoms with Crippen LogP contribution in [-0.4, -0.2) is 74.1 Å². The van der Waals surface area contributed by atoms with E-state index in [1.54, 1.807) is 24.3 Å². The van der Waals surface area contributed by atoms with Crippen LogP contribution in [0.3, 0.4) is 0 Å². The molecule has 1 heterocycles. The van der Waals surface area contributed by atoms with E-state index in [-0.39, 0.29) is 24.2 Å². The largest absolute Gasteiger partial charge is 0.379 e. The number of nitrogens with zero attached hydrogens (tertiary/aromatic N) is 2. The van der Waals surface area contributed by atoms with Gasteiger partial charge in [0.2, 0.25) is 5.91 Å². The number of carbonyl (C=O) groups is 2. The fourth-order valence-corrected chi connectivity index (χ4v) is 4.59. The molecule has 4 rings (SSSR count). The monoisotopic (exact) mass is 467 g/mol. The number of benzene rings is 2. The molecule has 0 radical (unpaired) electrons. The van der Waals surface area contributed by atoms with Gasteiger partial charge < -0.3 is 19.9 Å². The molecule has 1 unspecified atom stereocenters. The van der Waals surface area contributed by atoms with Crippen LogP contribution in [0.5, 0.6) is 0 Å². The molecule has 34 heavy (non-hydrogen) atoms. The summed E-state index contributed by atoms with van der Waals surface area (Å²) in [6.07, 6.45) is 3.06. The van der Waals surface area contributed by atoms with Crippen LogP contribution in [0.2, 0.25) is 0 Å². The van der Waals surface area contributed by atoms with Crippen molar-refractivity contribution in [3.8, 4) is 0 Å². The molecule has 2 amide bonds. The van der Waals surface area contributed by atoms with Gasteiger partial charge in [-0.2, -0.15) is 0 Å². The van der Waals surface area contributed by atoms with Gasteiger partial charge in [0.25, 0.3) is 5.91 Å². The molecular formula is C27H34FN3O3. The lowest BCUT2D eigenvalue weighted by Crippen LogP contribution is -2.55. The van der Waals surface area contributed by atoms with Crippen LogP contribution in [-0.2, 0) is 9.53 Å². The molecule has 1 aliphatic heterocycles. The average molecular weight is 468 g/mol. The number of amides is 2. The lowest BCUT2D eigenvalue weighted by atomic mass is 10.1. The third-order valence-corrected chi connectivity index (χ3v) is 6.82. The summed E-state index contributed by atoms with van der Waals surface area (Å²) in [5.74, 6) is 0.564. The van der Waals surface area contributed by atoms with E-state index >= 15 is 0 Å². The fourth-order valence-electron chi connectivity index (χ4n) is 4.59. The molecule has 2 fully saturated rings. The summed E-state index contributed by atoms with van der Waals surface area (Å²) in [7, 11) is 2.04. The maximum Gasteiger partial charge on any atom is 0.251 e. The first kappa shape index (κ1) is 24.4. The van der Waals surface area contributed by atoms with Crippen molar-refractivity contribution in [3.05, 3.63) is 71.5 Å². The molecule has 0 spiro atoms. The highest BCUT2D eigenvalue weighted by molar-refractivity contribution is 5.97. The summed E-state index contributed by atoms with van der Waals surface area (Å²) in [5, 5.41) is 2.89. The highest BCUT2D eigenvalue weighted by atomic mass is 19.1. The van der Waals surface area contributed by atoms with Crippen molar-refractivity contribution in [2.45, 2.75) is 31.2 Å². The fraction of sp³-hybridized carbons (Fsp3) is 0.481. The van der Waals surface area contributed by atoms with Crippen molar-refractivity contribution >= 4 is 11.8 Å². The second kappa shape index (κ2) is 11.6. The second-order valence-electron chi connectivity index (χ2n) is 9.39. The number of piperazine rings is 1. The van der Waals surface area contributed by atoms with Crippen LogP contribution in [0.25, 0.3) is 0 Å². The molecule has 1 aliphatic carbocycles. The summed E-state index contributed by atoms with van der Waals surface area (Å²) in [5.41, 5.74) is 1.73. The van der Waals surface area contributed by atoms with Crippen LogP contribution in [0, 0.1) is 11.7 Å². The number of likely N-dealkylation sites (N-methyl/N-ethyl adjacent to an activating group) is 1. The van der Waals surface area contributed by atoms with Gasteiger partial charge in [0.1, 0.15) is 11.9 Å². The number of nitrogens with one attached hydrogen (secondary N) is 1. The maximum absolute atomic E-state index is 13.2. The van der Waals surface area contributed by atoms with Crippen LogP contribution in [0.15, 0.2) is 54.6 Å². The minimum Gasteiger partial charge on any atom is -0.379 e. The zero-order chi connectivity index (χ0) is 23.9. The molecule has 0 aromatic heterocycles. The standard InChI is InChI=1S/C27H34FN3O3/c1-30-13-15-31(16-14-30)27(33)25(29-26(32)21-6-3-2-4-7-21)19-34-17-5-8-22-18-24(22)20-9-11-23(28)12-10-20/h2-4,6-7,9-12,22,24-25H,5,8,13-19H2,1H3,(H,29,32)/t22?,24-,25-/m0/s1. The molecule has 1 saturated carbocycles. The molecule has 6 nitrogen and oxygen atoms in total. The average Bonchev–Trinajstić information content (AvgIpc) is 3.63. The molecule has 7 heteroatoms. The third kappa shape index (κ3) is 6.64. The predicted octanol–water partition coefficient (Wildman–Crippen LogP) is 3.30. The lowest BCUT2D eigenvalue weighted by Gasteiger charge is -2.34. The third-order valence-electron chi connectivity index (χ3n) is 6.82. The summed E-state index contributed by atoms with van der Waals surface area (Å²) >= 11 is 0. The Kier molecular flexibility index (Phi) is 8.29. The summed E-state index contributed by atoms with van der Waals surface area (Å²) in [4.78, 5) is 29.9. The van der Waals surface area contributed by atoms with E-state index in [1.807, 2.05) is 30.1 Å². The minimum atomic E-state index is -0.705. The van der Waals surface area contributed by atoms with Crippen molar-refractivity contribution in [1.29, 1.82) is 0 Å². The number of hydrogen-bond donors (Lipinski definition) is 1. The summed E-state index contributed by atoms with van der Waals surface area (Å²) in [6.45, 7) is 3.65. The van der Waals surface area contributed by atoms with E-state index < -0.39 is 6.04 Å². The quantitative estimate of drug-likeness (QED) is 0.545. The highest BCUT2D eigenvalue weighted by Crippen LogP contribution is 2.50. The number of halogens is 1. The highest BCUT2D eigenvalue weighted by Gasteiger charge is 2.37. The van der Waals surface area contributed by atoms with E-state index in [4.69, 9.17) is 4.74 Å². The van der Waals surface area contributed by atoms with Crippen molar-refractivity contribution in [3.63, 3.8) is 0 Å². The van der Waals surface area contributed by atoms with Gasteiger partial charge in [-0.15, -0.1) is 0 Å². The Bertz CT molecular complexity index is 945. The van der Waals surface area contributed by atoms with Crippen molar-refractivity contribution in [2.75, 3.05) is 46.4 Å². The van der Waals surface area contributed by atoms with Crippen molar-refractivity contribution in [2.24, 2.45) is 5.92 Å². The van der Waals surface area contributed by atoms with Gasteiger partial charge >= 0.3 is 0 Å². The Morgan fingerprint density at radius 2 is 1.76 bits per heavy atom. The van der Waals surface area contributed by atoms with Gasteiger partial charge in [-0.05, 0) is 68.0 Å². The normalized spacial score (nSPS) is 21.2. The van der Waals surface area contributed by atoms with Gasteiger partial charge in [0.05, 0.1) is 6.61 Å². The predicted molar refractivity (Wildman–Crippen MR) is 129 cm³/mol. The number of hydrogen-bond acceptors (Lipinski definition) is 4. The molecule has 182 valence electrons. The Labute approximate surface area is 201 Å². The van der Waals surface area contributed by atoms with Crippen LogP contribution in [0.4, 0.5) is 4.39 Å². The van der Waals surface area contributed by atoms with E-state index in [2.05, 4.69) is 10.2 Å². The molecule has 3 atom stereocenters. The lowest BCUT2D eigenvalue weighted by molar-refractivity contribution is -0.136. The summed E-state index contributed by atoms with van der Waals surface area (Å²) < 4.78 is 19.0. The number of carbonyl (C=O) groups excluding carboxylic acids is 2. The topological polar surface area (TPSA) is 61.9 Å². The zero-order valence-electron chi connectivity index (χ0n) is 19.8. The second-order valence-corrected chi connectivity index (χ2v) is 9.39. The molecule has 2 aromatic carbocycles. The van der Waals surface area contributed by atoms with Gasteiger partial charge in [-0.25, -0.2) is 4.39 Å². The Morgan fingerprint density at radius 1 is 1.06 bits per heavy atom. The van der Waals surface area contributed by atoms with Crippen molar-refractivity contribution < 1.29 is 18.7 Å². The van der Waals surface area contributed by atoms with Crippen molar-refractivity contribution in [1.82, 2.24) is 15.1 Å². The molecule has 2 aliphatic rings. The van der Waals surface area contributed by atoms with Crippen LogP contribution >= 0.6 is 0 Å². The Balaban J connectivity index is 1.25. The van der Waals surface area contributed by atoms with Crippen LogP contribution < -0.4 is 5.32 Å². The number of ether oxygens (including phenoxy) is 1. The molecule has 1 N–H and O–H groups in total. The smallest absolute Gasteiger partial charge is 0.251 e. The SMILES string of the molecule is CN1CCN(C(=O)[C@H](COCCCC2C[C@H]2c2ccc(F)cc2)NC(=O)c2ccccc2)CC1. The number of rotatable bonds is 10. The van der Waals surface area contributed by atoms with Gasteiger partial charge in [-0.3, -0.25) is 9.59 Å². The van der Waals surface area contributed by atoms with E-state index in [1.165, 1.54) is 17.7 Å². The first-order valence-electron chi connectivity index (χ1n) is 12.2. The van der Waals surface area contributed by atoms with E-state index in [0.29, 0.717) is 37.1 Å². The van der Waals surface area contributed by atoms with Gasteiger partial charge in [0, 0.05) is 38.3 Å². The molecule has 0 bridgehead atoms. The van der Waals surface area contributed by atoms with E-state index in [0.717, 1.165) is 32.4 Å². The molecular weight excluding hydrogens is 433 g/mol. The first-order chi connectivity index (χ1) is 16.5. The first-order valence-corrected chi connectivity index (χ1v) is 12.2. The van der Waals surface area contributed by atoms with Gasteiger partial charge in [-0.1, -0.05) is 30.3 Å². The Hall–Kier alpha value is -2.77. The molecule has 2 aromatic rings. The maximum atomic E-state index is 13.2. The Morgan fingerprint density at radius 3 is 2.47 bits per heavy atom. The van der Waals surface area contributed by atoms with Gasteiger partial charge in [0.15, 0.2) is 0 Å². The zero-order valence-corrected chi connectivity index (χ0v) is 19.8. The van der Waals surface area contributed by atoms with Crippen LogP contribution in [0.1, 0.15) is 41.1 Å².